The maximum Gasteiger partial charge on any atom is 0.251 e. The molecule has 0 aliphatic heterocycles. The van der Waals surface area contributed by atoms with Crippen LogP contribution in [0, 0.1) is 5.82 Å². The monoisotopic (exact) mass is 356 g/mol. The first-order valence-corrected chi connectivity index (χ1v) is 8.58. The van der Waals surface area contributed by atoms with Crippen LogP contribution in [0.3, 0.4) is 0 Å². The molecule has 0 spiro atoms. The van der Waals surface area contributed by atoms with Crippen LogP contribution in [0.15, 0.2) is 53.5 Å². The average Bonchev–Trinajstić information content (AvgIpc) is 2.64. The number of nitrogens with zero attached hydrogens (tertiary/aromatic N) is 2. The van der Waals surface area contributed by atoms with Crippen LogP contribution in [-0.4, -0.2) is 37.4 Å². The zero-order valence-electron chi connectivity index (χ0n) is 15.4. The van der Waals surface area contributed by atoms with Crippen LogP contribution < -0.4 is 10.6 Å². The van der Waals surface area contributed by atoms with E-state index in [0.29, 0.717) is 18.7 Å². The van der Waals surface area contributed by atoms with E-state index >= 15 is 0 Å². The van der Waals surface area contributed by atoms with Gasteiger partial charge in [-0.3, -0.25) is 4.79 Å². The summed E-state index contributed by atoms with van der Waals surface area (Å²) in [4.78, 5) is 18.2. The lowest BCUT2D eigenvalue weighted by molar-refractivity contribution is 0.0963. The molecule has 0 unspecified atom stereocenters. The Balaban J connectivity index is 2.06. The number of aliphatic imine (C=N–C) groups is 1. The maximum absolute atomic E-state index is 13.4. The van der Waals surface area contributed by atoms with Crippen LogP contribution in [0.1, 0.15) is 28.4 Å². The molecule has 0 heterocycles. The number of carbonyl (C=O) groups is 1. The van der Waals surface area contributed by atoms with E-state index < -0.39 is 0 Å². The lowest BCUT2D eigenvalue weighted by Crippen LogP contribution is -2.38. The normalized spacial score (nSPS) is 11.2. The van der Waals surface area contributed by atoms with Crippen molar-refractivity contribution < 1.29 is 9.18 Å². The molecule has 0 saturated heterocycles. The quantitative estimate of drug-likeness (QED) is 0.618. The Bertz CT molecular complexity index is 759. The Morgan fingerprint density at radius 1 is 1.15 bits per heavy atom. The Kier molecular flexibility index (Phi) is 7.14. The highest BCUT2D eigenvalue weighted by molar-refractivity contribution is 5.93. The first kappa shape index (κ1) is 19.4. The van der Waals surface area contributed by atoms with E-state index in [2.05, 4.69) is 15.6 Å². The molecule has 0 atom stereocenters. The largest absolute Gasteiger partial charge is 0.357 e. The second-order valence-electron chi connectivity index (χ2n) is 5.93. The van der Waals surface area contributed by atoms with E-state index in [4.69, 9.17) is 0 Å². The molecular formula is C20H25FN4O. The van der Waals surface area contributed by atoms with Gasteiger partial charge in [0.2, 0.25) is 0 Å². The molecular weight excluding hydrogens is 331 g/mol. The molecule has 6 heteroatoms. The summed E-state index contributed by atoms with van der Waals surface area (Å²) in [5.41, 5.74) is 2.51. The number of nitrogens with one attached hydrogen (secondary N) is 2. The topological polar surface area (TPSA) is 56.7 Å². The molecule has 138 valence electrons. The molecule has 0 aliphatic rings. The van der Waals surface area contributed by atoms with Crippen molar-refractivity contribution in [2.45, 2.75) is 20.0 Å². The average molecular weight is 356 g/mol. The molecule has 0 radical (unpaired) electrons. The van der Waals surface area contributed by atoms with Crippen LogP contribution >= 0.6 is 0 Å². The number of halogens is 1. The number of carbonyl (C=O) groups excluding carboxylic acids is 1. The van der Waals surface area contributed by atoms with Gasteiger partial charge in [-0.1, -0.05) is 24.3 Å². The molecule has 0 aliphatic carbocycles. The van der Waals surface area contributed by atoms with Gasteiger partial charge in [-0.2, -0.15) is 0 Å². The van der Waals surface area contributed by atoms with Gasteiger partial charge in [0.15, 0.2) is 5.96 Å². The highest BCUT2D eigenvalue weighted by atomic mass is 19.1. The zero-order valence-corrected chi connectivity index (χ0v) is 15.4. The van der Waals surface area contributed by atoms with Crippen molar-refractivity contribution >= 4 is 11.9 Å². The van der Waals surface area contributed by atoms with Crippen LogP contribution in [0.25, 0.3) is 0 Å². The summed E-state index contributed by atoms with van der Waals surface area (Å²) < 4.78 is 13.4. The van der Waals surface area contributed by atoms with Crippen molar-refractivity contribution in [3.8, 4) is 0 Å². The standard InChI is InChI=1S/C20H25FN4O/c1-4-23-20(25(3)14-16-6-5-7-18(21)12-16)24-13-15-8-10-17(11-9-15)19(26)22-2/h5-12H,4,13-14H2,1-3H3,(H,22,26)(H,23,24). The molecule has 0 fully saturated rings. The fraction of sp³-hybridized carbons (Fsp3) is 0.300. The highest BCUT2D eigenvalue weighted by Gasteiger charge is 2.08. The Hall–Kier alpha value is -2.89. The molecule has 26 heavy (non-hydrogen) atoms. The molecule has 0 aromatic heterocycles. The first-order valence-electron chi connectivity index (χ1n) is 8.58. The van der Waals surface area contributed by atoms with E-state index in [1.165, 1.54) is 12.1 Å². The molecule has 2 N–H and O–H groups in total. The van der Waals surface area contributed by atoms with Gasteiger partial charge in [-0.05, 0) is 42.3 Å². The number of guanidine groups is 1. The van der Waals surface area contributed by atoms with Gasteiger partial charge in [0.1, 0.15) is 5.82 Å². The maximum atomic E-state index is 13.4. The van der Waals surface area contributed by atoms with Crippen LogP contribution in [-0.2, 0) is 13.1 Å². The van der Waals surface area contributed by atoms with Crippen molar-refractivity contribution in [2.75, 3.05) is 20.6 Å². The van der Waals surface area contributed by atoms with Crippen LogP contribution in [0.5, 0.6) is 0 Å². The number of hydrogen-bond donors (Lipinski definition) is 2. The Morgan fingerprint density at radius 2 is 1.88 bits per heavy atom. The zero-order chi connectivity index (χ0) is 18.9. The molecule has 5 nitrogen and oxygen atoms in total. The smallest absolute Gasteiger partial charge is 0.251 e. The third kappa shape index (κ3) is 5.58. The first-order chi connectivity index (χ1) is 12.5. The number of rotatable bonds is 6. The summed E-state index contributed by atoms with van der Waals surface area (Å²) >= 11 is 0. The summed E-state index contributed by atoms with van der Waals surface area (Å²) in [6, 6.07) is 13.9. The van der Waals surface area contributed by atoms with Gasteiger partial charge in [-0.25, -0.2) is 9.38 Å². The van der Waals surface area contributed by atoms with E-state index in [-0.39, 0.29) is 11.7 Å². The third-order valence-electron chi connectivity index (χ3n) is 3.86. The minimum Gasteiger partial charge on any atom is -0.357 e. The summed E-state index contributed by atoms with van der Waals surface area (Å²) in [6.45, 7) is 3.79. The summed E-state index contributed by atoms with van der Waals surface area (Å²) in [7, 11) is 3.53. The van der Waals surface area contributed by atoms with E-state index in [0.717, 1.165) is 23.6 Å². The second-order valence-corrected chi connectivity index (χ2v) is 5.93. The molecule has 2 aromatic rings. The molecule has 1 amide bonds. The second kappa shape index (κ2) is 9.56. The van der Waals surface area contributed by atoms with E-state index in [1.54, 1.807) is 25.2 Å². The number of benzene rings is 2. The molecule has 0 bridgehead atoms. The summed E-state index contributed by atoms with van der Waals surface area (Å²) in [6.07, 6.45) is 0. The van der Waals surface area contributed by atoms with Crippen molar-refractivity contribution in [2.24, 2.45) is 4.99 Å². The molecule has 0 saturated carbocycles. The Morgan fingerprint density at radius 3 is 2.50 bits per heavy atom. The van der Waals surface area contributed by atoms with Crippen LogP contribution in [0.4, 0.5) is 4.39 Å². The predicted molar refractivity (Wildman–Crippen MR) is 103 cm³/mol. The molecule has 2 rings (SSSR count). The van der Waals surface area contributed by atoms with Crippen molar-refractivity contribution in [1.29, 1.82) is 0 Å². The fourth-order valence-corrected chi connectivity index (χ4v) is 2.53. The minimum atomic E-state index is -0.242. The predicted octanol–water partition coefficient (Wildman–Crippen LogP) is 2.78. The highest BCUT2D eigenvalue weighted by Crippen LogP contribution is 2.08. The summed E-state index contributed by atoms with van der Waals surface area (Å²) in [5.74, 6) is 0.393. The van der Waals surface area contributed by atoms with E-state index in [9.17, 15) is 9.18 Å². The lowest BCUT2D eigenvalue weighted by Gasteiger charge is -2.22. The van der Waals surface area contributed by atoms with Gasteiger partial charge in [0.25, 0.3) is 5.91 Å². The van der Waals surface area contributed by atoms with Gasteiger partial charge in [-0.15, -0.1) is 0 Å². The Labute approximate surface area is 153 Å². The van der Waals surface area contributed by atoms with Crippen molar-refractivity contribution in [1.82, 2.24) is 15.5 Å². The van der Waals surface area contributed by atoms with Gasteiger partial charge >= 0.3 is 0 Å². The fourth-order valence-electron chi connectivity index (χ4n) is 2.53. The van der Waals surface area contributed by atoms with Gasteiger partial charge < -0.3 is 15.5 Å². The minimum absolute atomic E-state index is 0.108. The van der Waals surface area contributed by atoms with Crippen molar-refractivity contribution in [3.05, 3.63) is 71.0 Å². The lowest BCUT2D eigenvalue weighted by atomic mass is 10.1. The van der Waals surface area contributed by atoms with E-state index in [1.807, 2.05) is 37.1 Å². The van der Waals surface area contributed by atoms with Gasteiger partial charge in [0, 0.05) is 32.7 Å². The number of hydrogen-bond acceptors (Lipinski definition) is 2. The third-order valence-corrected chi connectivity index (χ3v) is 3.86. The SMILES string of the molecule is CCNC(=NCc1ccc(C(=O)NC)cc1)N(C)Cc1cccc(F)c1. The van der Waals surface area contributed by atoms with Crippen molar-refractivity contribution in [3.63, 3.8) is 0 Å². The summed E-state index contributed by atoms with van der Waals surface area (Å²) in [5, 5.41) is 5.84. The number of amides is 1. The molecule has 2 aromatic carbocycles. The van der Waals surface area contributed by atoms with Gasteiger partial charge in [0.05, 0.1) is 6.54 Å². The van der Waals surface area contributed by atoms with Crippen LogP contribution in [0.2, 0.25) is 0 Å².